The van der Waals surface area contributed by atoms with E-state index < -0.39 is 6.23 Å². The average molecular weight is 353 g/mol. The Balaban J connectivity index is 1.60. The van der Waals surface area contributed by atoms with Crippen LogP contribution in [-0.4, -0.2) is 29.8 Å². The molecule has 2 heterocycles. The highest BCUT2D eigenvalue weighted by molar-refractivity contribution is 5.29. The maximum atomic E-state index is 8.91. The first-order valence-electron chi connectivity index (χ1n) is 9.30. The lowest BCUT2D eigenvalue weighted by atomic mass is 9.81. The number of allylic oxidation sites excluding steroid dienone is 1. The predicted octanol–water partition coefficient (Wildman–Crippen LogP) is 3.33. The Morgan fingerprint density at radius 2 is 1.88 bits per heavy atom. The first kappa shape index (κ1) is 18.6. The summed E-state index contributed by atoms with van der Waals surface area (Å²) >= 11 is 0. The molecule has 0 amide bonds. The highest BCUT2D eigenvalue weighted by Crippen LogP contribution is 2.29. The molecule has 0 aromatic heterocycles. The van der Waals surface area contributed by atoms with Crippen LogP contribution >= 0.6 is 0 Å². The highest BCUT2D eigenvalue weighted by Gasteiger charge is 2.32. The summed E-state index contributed by atoms with van der Waals surface area (Å²) in [5.41, 5.74) is 19.3. The van der Waals surface area contributed by atoms with Gasteiger partial charge in [0.1, 0.15) is 0 Å². The zero-order chi connectivity index (χ0) is 18.8. The van der Waals surface area contributed by atoms with E-state index in [1.165, 1.54) is 11.1 Å². The molecule has 3 rings (SSSR count). The molecule has 0 spiro atoms. The van der Waals surface area contributed by atoms with Crippen LogP contribution in [0, 0.1) is 0 Å². The molecule has 1 fully saturated rings. The topological polar surface area (TPSA) is 73.2 Å². The first-order chi connectivity index (χ1) is 12.3. The third-order valence-electron chi connectivity index (χ3n) is 5.38. The molecule has 0 saturated carbocycles. The summed E-state index contributed by atoms with van der Waals surface area (Å²) in [5, 5.41) is 3.20. The van der Waals surface area contributed by atoms with Crippen molar-refractivity contribution in [2.24, 2.45) is 10.8 Å². The summed E-state index contributed by atoms with van der Waals surface area (Å²) in [6, 6.07) is 8.89. The van der Waals surface area contributed by atoms with Crippen molar-refractivity contribution in [3.05, 3.63) is 59.5 Å². The van der Waals surface area contributed by atoms with Gasteiger partial charge in [-0.05, 0) is 47.4 Å². The molecule has 1 atom stereocenters. The third kappa shape index (κ3) is 4.33. The van der Waals surface area contributed by atoms with Crippen LogP contribution in [0.15, 0.2) is 53.5 Å². The van der Waals surface area contributed by atoms with Crippen molar-refractivity contribution in [2.45, 2.75) is 57.2 Å². The molecule has 1 radical (unpaired) electrons. The van der Waals surface area contributed by atoms with Gasteiger partial charge in [-0.25, -0.2) is 0 Å². The number of rotatable bonds is 4. The number of nitrogens with two attached hydrogens (primary N) is 1. The number of hydrogen-bond donors (Lipinski definition) is 1. The smallest absolute Gasteiger partial charge is 0.231 e. The minimum Gasteiger partial charge on any atom is -0.471 e. The fourth-order valence-corrected chi connectivity index (χ4v) is 3.62. The van der Waals surface area contributed by atoms with Crippen molar-refractivity contribution in [3.63, 3.8) is 0 Å². The van der Waals surface area contributed by atoms with Gasteiger partial charge < -0.3 is 15.4 Å². The lowest BCUT2D eigenvalue weighted by Gasteiger charge is -2.41. The lowest BCUT2D eigenvalue weighted by Crippen LogP contribution is -2.51. The summed E-state index contributed by atoms with van der Waals surface area (Å²) in [6.45, 7) is 8.48. The number of piperidine rings is 1. The normalized spacial score (nSPS) is 22.5. The van der Waals surface area contributed by atoms with Gasteiger partial charge in [0, 0.05) is 30.4 Å². The Morgan fingerprint density at radius 1 is 1.23 bits per heavy atom. The van der Waals surface area contributed by atoms with Gasteiger partial charge in [0.2, 0.25) is 6.23 Å². The van der Waals surface area contributed by atoms with Crippen molar-refractivity contribution in [1.29, 1.82) is 0 Å². The van der Waals surface area contributed by atoms with Crippen LogP contribution < -0.4 is 11.3 Å². The molecular formula is C21H29N4O. The fraction of sp³-hybridized carbons (Fsp3) is 0.524. The van der Waals surface area contributed by atoms with E-state index in [0.717, 1.165) is 38.0 Å². The molecule has 1 aromatic rings. The van der Waals surface area contributed by atoms with Crippen molar-refractivity contribution < 1.29 is 4.74 Å². The van der Waals surface area contributed by atoms with Crippen LogP contribution in [0.4, 0.5) is 0 Å². The lowest BCUT2D eigenvalue weighted by molar-refractivity contribution is 0.164. The molecule has 26 heavy (non-hydrogen) atoms. The molecule has 2 aliphatic heterocycles. The van der Waals surface area contributed by atoms with E-state index in [9.17, 15) is 0 Å². The Hall–Kier alpha value is -2.14. The summed E-state index contributed by atoms with van der Waals surface area (Å²) in [4.78, 5) is 2.28. The summed E-state index contributed by atoms with van der Waals surface area (Å²) in [5.74, 6) is 0. The molecule has 2 aliphatic rings. The van der Waals surface area contributed by atoms with E-state index in [0.29, 0.717) is 0 Å². The Bertz CT molecular complexity index is 692. The number of likely N-dealkylation sites (tertiary alicyclic amines) is 1. The van der Waals surface area contributed by atoms with E-state index in [-0.39, 0.29) is 11.0 Å². The highest BCUT2D eigenvalue weighted by atomic mass is 16.5. The molecule has 1 unspecified atom stereocenters. The van der Waals surface area contributed by atoms with Crippen molar-refractivity contribution in [1.82, 2.24) is 10.4 Å². The maximum absolute atomic E-state index is 8.91. The van der Waals surface area contributed by atoms with E-state index >= 15 is 0 Å². The van der Waals surface area contributed by atoms with Gasteiger partial charge >= 0.3 is 0 Å². The van der Waals surface area contributed by atoms with E-state index in [1.807, 2.05) is 12.2 Å². The molecule has 0 bridgehead atoms. The molecular weight excluding hydrogens is 324 g/mol. The van der Waals surface area contributed by atoms with Gasteiger partial charge in [-0.1, -0.05) is 45.0 Å². The molecule has 5 nitrogen and oxygen atoms in total. The molecule has 5 heteroatoms. The van der Waals surface area contributed by atoms with Gasteiger partial charge in [0.15, 0.2) is 0 Å². The number of benzene rings is 1. The van der Waals surface area contributed by atoms with Crippen molar-refractivity contribution >= 4 is 0 Å². The average Bonchev–Trinajstić information content (AvgIpc) is 2.62. The zero-order valence-electron chi connectivity index (χ0n) is 16.0. The van der Waals surface area contributed by atoms with E-state index in [4.69, 9.17) is 16.0 Å². The largest absolute Gasteiger partial charge is 0.471 e. The van der Waals surface area contributed by atoms with Crippen LogP contribution in [0.3, 0.4) is 0 Å². The van der Waals surface area contributed by atoms with Gasteiger partial charge in [0.25, 0.3) is 0 Å². The van der Waals surface area contributed by atoms with Crippen LogP contribution in [0.2, 0.25) is 0 Å². The minimum absolute atomic E-state index is 0.171. The second kappa shape index (κ2) is 7.23. The van der Waals surface area contributed by atoms with E-state index in [2.05, 4.69) is 55.1 Å². The second-order valence-electron chi connectivity index (χ2n) is 8.51. The van der Waals surface area contributed by atoms with Gasteiger partial charge in [-0.15, -0.1) is 5.11 Å². The first-order valence-corrected chi connectivity index (χ1v) is 9.30. The Morgan fingerprint density at radius 3 is 2.46 bits per heavy atom. The van der Waals surface area contributed by atoms with Gasteiger partial charge in [-0.2, -0.15) is 0 Å². The van der Waals surface area contributed by atoms with Gasteiger partial charge in [-0.3, -0.25) is 0 Å². The van der Waals surface area contributed by atoms with E-state index in [1.54, 1.807) is 6.26 Å². The molecule has 1 saturated heterocycles. The zero-order valence-corrected chi connectivity index (χ0v) is 16.0. The Labute approximate surface area is 156 Å². The molecule has 1 aromatic carbocycles. The second-order valence-corrected chi connectivity index (χ2v) is 8.51. The standard InChI is InChI=1S/C21H29N4O/c1-20(2,3)17-6-4-16(5-7-17)15-21(22)9-11-25(12-10-21)18-8-13-26-19(14-18)24-23/h4-8,13-14,19H,9-12,15,22H2,1-3H3. The fourth-order valence-electron chi connectivity index (χ4n) is 3.62. The number of nitrogens with zero attached hydrogens (tertiary/aromatic N) is 3. The quantitative estimate of drug-likeness (QED) is 0.844. The maximum Gasteiger partial charge on any atom is 0.231 e. The summed E-state index contributed by atoms with van der Waals surface area (Å²) < 4.78 is 5.18. The number of hydrogen-bond acceptors (Lipinski definition) is 4. The van der Waals surface area contributed by atoms with Crippen molar-refractivity contribution in [2.75, 3.05) is 13.1 Å². The molecule has 139 valence electrons. The monoisotopic (exact) mass is 353 g/mol. The predicted molar refractivity (Wildman–Crippen MR) is 103 cm³/mol. The number of ether oxygens (including phenoxy) is 1. The minimum atomic E-state index is -0.610. The van der Waals surface area contributed by atoms with Crippen LogP contribution in [0.5, 0.6) is 0 Å². The van der Waals surface area contributed by atoms with Gasteiger partial charge in [0.05, 0.1) is 6.26 Å². The molecule has 2 N–H and O–H groups in total. The third-order valence-corrected chi connectivity index (χ3v) is 5.38. The summed E-state index contributed by atoms with van der Waals surface area (Å²) in [7, 11) is 0. The van der Waals surface area contributed by atoms with Crippen LogP contribution in [-0.2, 0) is 16.6 Å². The van der Waals surface area contributed by atoms with Crippen LogP contribution in [0.1, 0.15) is 44.7 Å². The SMILES string of the molecule is CC(C)(C)c1ccc(CC2(N)CCN(C3=CC(N=[N])OC=C3)CC2)cc1. The Kier molecular flexibility index (Phi) is 5.19. The van der Waals surface area contributed by atoms with Crippen LogP contribution in [0.25, 0.3) is 0 Å². The summed E-state index contributed by atoms with van der Waals surface area (Å²) in [6.07, 6.45) is 7.48. The molecule has 0 aliphatic carbocycles. The van der Waals surface area contributed by atoms with Crippen molar-refractivity contribution in [3.8, 4) is 0 Å².